The molecule has 1 aliphatic rings. The summed E-state index contributed by atoms with van der Waals surface area (Å²) in [7, 11) is -2.55. The van der Waals surface area contributed by atoms with Gasteiger partial charge in [0, 0.05) is 43.3 Å². The van der Waals surface area contributed by atoms with Gasteiger partial charge >= 0.3 is 0 Å². The van der Waals surface area contributed by atoms with Gasteiger partial charge in [-0.05, 0) is 61.4 Å². The Morgan fingerprint density at radius 2 is 1.76 bits per heavy atom. The lowest BCUT2D eigenvalue weighted by Gasteiger charge is -2.36. The highest BCUT2D eigenvalue weighted by Gasteiger charge is 2.21. The SMILES string of the molecule is Cc1cc(Cl)ccc1OCCCC(=O)N1CCN(c2ccc([SH](=O)=O)cc2)CC1. The van der Waals surface area contributed by atoms with Gasteiger partial charge < -0.3 is 14.5 Å². The number of benzene rings is 2. The molecule has 0 spiro atoms. The van der Waals surface area contributed by atoms with Crippen molar-refractivity contribution in [3.05, 3.63) is 53.1 Å². The number of carbonyl (C=O) groups is 1. The van der Waals surface area contributed by atoms with Crippen molar-refractivity contribution in [2.45, 2.75) is 24.7 Å². The molecule has 3 rings (SSSR count). The second-order valence-electron chi connectivity index (χ2n) is 7.00. The van der Waals surface area contributed by atoms with Crippen molar-refractivity contribution in [1.29, 1.82) is 0 Å². The van der Waals surface area contributed by atoms with E-state index in [1.165, 1.54) is 0 Å². The van der Waals surface area contributed by atoms with Crippen LogP contribution in [0.4, 0.5) is 5.69 Å². The number of nitrogens with zero attached hydrogens (tertiary/aromatic N) is 2. The van der Waals surface area contributed by atoms with Crippen LogP contribution in [0, 0.1) is 6.92 Å². The van der Waals surface area contributed by atoms with E-state index in [1.54, 1.807) is 18.2 Å². The molecular weight excluding hydrogens is 412 g/mol. The van der Waals surface area contributed by atoms with Gasteiger partial charge in [-0.2, -0.15) is 0 Å². The Labute approximate surface area is 178 Å². The van der Waals surface area contributed by atoms with Gasteiger partial charge in [-0.3, -0.25) is 4.79 Å². The lowest BCUT2D eigenvalue weighted by molar-refractivity contribution is -0.131. The summed E-state index contributed by atoms with van der Waals surface area (Å²) >= 11 is 5.94. The van der Waals surface area contributed by atoms with Gasteiger partial charge in [0.25, 0.3) is 0 Å². The number of aryl methyl sites for hydroxylation is 1. The smallest absolute Gasteiger partial charge is 0.222 e. The molecule has 0 radical (unpaired) electrons. The predicted octanol–water partition coefficient (Wildman–Crippen LogP) is 3.13. The number of carbonyl (C=O) groups excluding carboxylic acids is 1. The predicted molar refractivity (Wildman–Crippen MR) is 115 cm³/mol. The number of halogens is 1. The van der Waals surface area contributed by atoms with Gasteiger partial charge in [0.1, 0.15) is 5.75 Å². The highest BCUT2D eigenvalue weighted by atomic mass is 35.5. The molecule has 1 amide bonds. The lowest BCUT2D eigenvalue weighted by Crippen LogP contribution is -2.48. The molecule has 0 bridgehead atoms. The van der Waals surface area contributed by atoms with E-state index in [1.807, 2.05) is 36.1 Å². The van der Waals surface area contributed by atoms with E-state index in [0.717, 1.165) is 30.1 Å². The summed E-state index contributed by atoms with van der Waals surface area (Å²) in [5, 5.41) is 0.681. The average Bonchev–Trinajstić information content (AvgIpc) is 2.72. The number of hydrogen-bond acceptors (Lipinski definition) is 5. The van der Waals surface area contributed by atoms with E-state index >= 15 is 0 Å². The van der Waals surface area contributed by atoms with Crippen LogP contribution in [-0.2, 0) is 15.5 Å². The third kappa shape index (κ3) is 5.87. The van der Waals surface area contributed by atoms with Gasteiger partial charge in [-0.25, -0.2) is 8.42 Å². The summed E-state index contributed by atoms with van der Waals surface area (Å²) in [6.07, 6.45) is 1.12. The van der Waals surface area contributed by atoms with Crippen LogP contribution in [0.1, 0.15) is 18.4 Å². The van der Waals surface area contributed by atoms with Crippen LogP contribution in [0.5, 0.6) is 5.75 Å². The van der Waals surface area contributed by atoms with Crippen LogP contribution >= 0.6 is 11.6 Å². The molecule has 0 unspecified atom stereocenters. The molecule has 0 aliphatic carbocycles. The molecule has 0 saturated carbocycles. The molecule has 0 atom stereocenters. The number of anilines is 1. The first-order valence-electron chi connectivity index (χ1n) is 9.60. The van der Waals surface area contributed by atoms with Crippen LogP contribution in [0.2, 0.25) is 5.02 Å². The maximum absolute atomic E-state index is 12.5. The lowest BCUT2D eigenvalue weighted by atomic mass is 10.2. The summed E-state index contributed by atoms with van der Waals surface area (Å²) in [6.45, 7) is 5.22. The zero-order valence-corrected chi connectivity index (χ0v) is 18.0. The summed E-state index contributed by atoms with van der Waals surface area (Å²) in [6, 6.07) is 12.4. The highest BCUT2D eigenvalue weighted by Crippen LogP contribution is 2.22. The van der Waals surface area contributed by atoms with Crippen LogP contribution < -0.4 is 9.64 Å². The standard InChI is InChI=1S/C21H25ClN2O4S/c1-16-15-17(22)4-9-20(16)28-14-2-3-21(25)24-12-10-23(11-13-24)18-5-7-19(8-6-18)29(26)27/h4-9,15,29H,2-3,10-14H2,1H3. The molecule has 1 heterocycles. The third-order valence-electron chi connectivity index (χ3n) is 4.99. The molecule has 2 aromatic rings. The normalized spacial score (nSPS) is 14.3. The average molecular weight is 437 g/mol. The number of hydrogen-bond donors (Lipinski definition) is 1. The number of ether oxygens (including phenoxy) is 1. The Balaban J connectivity index is 1.40. The zero-order valence-electron chi connectivity index (χ0n) is 16.3. The Bertz CT molecular complexity index is 915. The van der Waals surface area contributed by atoms with Crippen LogP contribution in [0.15, 0.2) is 47.4 Å². The van der Waals surface area contributed by atoms with E-state index in [9.17, 15) is 13.2 Å². The Kier molecular flexibility index (Phi) is 7.39. The van der Waals surface area contributed by atoms with Gasteiger partial charge in [-0.1, -0.05) is 11.6 Å². The van der Waals surface area contributed by atoms with Gasteiger partial charge in [0.2, 0.25) is 5.91 Å². The largest absolute Gasteiger partial charge is 0.493 e. The Morgan fingerprint density at radius 3 is 2.38 bits per heavy atom. The first-order valence-corrected chi connectivity index (χ1v) is 11.2. The minimum atomic E-state index is -2.55. The fraction of sp³-hybridized carbons (Fsp3) is 0.381. The Hall–Kier alpha value is -2.25. The van der Waals surface area contributed by atoms with Crippen LogP contribution in [0.3, 0.4) is 0 Å². The first kappa shape index (κ1) is 21.5. The summed E-state index contributed by atoms with van der Waals surface area (Å²) in [5.41, 5.74) is 1.96. The molecule has 8 heteroatoms. The van der Waals surface area contributed by atoms with Crippen molar-refractivity contribution in [3.8, 4) is 5.75 Å². The number of rotatable bonds is 7. The van der Waals surface area contributed by atoms with E-state index in [2.05, 4.69) is 4.90 Å². The van der Waals surface area contributed by atoms with E-state index < -0.39 is 10.7 Å². The van der Waals surface area contributed by atoms with Gasteiger partial charge in [-0.15, -0.1) is 0 Å². The van der Waals surface area contributed by atoms with Crippen molar-refractivity contribution >= 4 is 33.9 Å². The van der Waals surface area contributed by atoms with Crippen molar-refractivity contribution in [2.75, 3.05) is 37.7 Å². The molecular formula is C21H25ClN2O4S. The van der Waals surface area contributed by atoms with Crippen molar-refractivity contribution in [1.82, 2.24) is 4.90 Å². The van der Waals surface area contributed by atoms with Crippen LogP contribution in [0.25, 0.3) is 0 Å². The number of thiol groups is 1. The second-order valence-corrected chi connectivity index (χ2v) is 8.47. The molecule has 0 N–H and O–H groups in total. The maximum atomic E-state index is 12.5. The topological polar surface area (TPSA) is 66.9 Å². The fourth-order valence-corrected chi connectivity index (χ4v) is 3.96. The van der Waals surface area contributed by atoms with Crippen molar-refractivity contribution < 1.29 is 17.9 Å². The van der Waals surface area contributed by atoms with Gasteiger partial charge in [0.05, 0.1) is 11.5 Å². The highest BCUT2D eigenvalue weighted by molar-refractivity contribution is 7.72. The summed E-state index contributed by atoms with van der Waals surface area (Å²) in [4.78, 5) is 16.8. The van der Waals surface area contributed by atoms with E-state index in [4.69, 9.17) is 16.3 Å². The zero-order chi connectivity index (χ0) is 20.8. The summed E-state index contributed by atoms with van der Waals surface area (Å²) < 4.78 is 27.7. The summed E-state index contributed by atoms with van der Waals surface area (Å²) in [5.74, 6) is 0.933. The quantitative estimate of drug-likeness (QED) is 0.533. The molecule has 1 fully saturated rings. The minimum absolute atomic E-state index is 0.139. The monoisotopic (exact) mass is 436 g/mol. The molecule has 29 heavy (non-hydrogen) atoms. The Morgan fingerprint density at radius 1 is 1.07 bits per heavy atom. The molecule has 6 nitrogen and oxygen atoms in total. The number of piperazine rings is 1. The first-order chi connectivity index (χ1) is 13.9. The molecule has 0 aromatic heterocycles. The van der Waals surface area contributed by atoms with E-state index in [0.29, 0.717) is 42.5 Å². The van der Waals surface area contributed by atoms with Crippen LogP contribution in [-0.4, -0.2) is 52.0 Å². The van der Waals surface area contributed by atoms with Crippen molar-refractivity contribution in [2.24, 2.45) is 0 Å². The molecule has 156 valence electrons. The maximum Gasteiger partial charge on any atom is 0.222 e. The molecule has 1 saturated heterocycles. The van der Waals surface area contributed by atoms with Crippen molar-refractivity contribution in [3.63, 3.8) is 0 Å². The van der Waals surface area contributed by atoms with Gasteiger partial charge in [0.15, 0.2) is 10.7 Å². The fourth-order valence-electron chi connectivity index (χ4n) is 3.34. The minimum Gasteiger partial charge on any atom is -0.493 e. The number of amides is 1. The molecule has 2 aromatic carbocycles. The van der Waals surface area contributed by atoms with E-state index in [-0.39, 0.29) is 5.91 Å². The molecule has 1 aliphatic heterocycles. The third-order valence-corrected chi connectivity index (χ3v) is 5.94. The second kappa shape index (κ2) is 9.98.